The smallest absolute Gasteiger partial charge is 0.227 e. The summed E-state index contributed by atoms with van der Waals surface area (Å²) in [4.78, 5) is 15.2. The van der Waals surface area contributed by atoms with E-state index in [1.54, 1.807) is 20.5 Å². The summed E-state index contributed by atoms with van der Waals surface area (Å²) in [6.45, 7) is 1.78. The van der Waals surface area contributed by atoms with Crippen LogP contribution in [-0.4, -0.2) is 48.4 Å². The Morgan fingerprint density at radius 3 is 2.56 bits per heavy atom. The normalized spacial score (nSPS) is 25.2. The molecular formula is C18H20N2O3S2. The SMILES string of the molecule is O=C(Cc1cccs1)N1C[C@H]2CN(Cc3ccccc3)S(=O)(=O)[C@H]2C1. The van der Waals surface area contributed by atoms with E-state index >= 15 is 0 Å². The second kappa shape index (κ2) is 6.55. The molecule has 5 nitrogen and oxygen atoms in total. The van der Waals surface area contributed by atoms with E-state index in [-0.39, 0.29) is 11.8 Å². The summed E-state index contributed by atoms with van der Waals surface area (Å²) in [5, 5.41) is 1.50. The fourth-order valence-electron chi connectivity index (χ4n) is 3.73. The van der Waals surface area contributed by atoms with Crippen molar-refractivity contribution in [2.45, 2.75) is 18.2 Å². The number of carbonyl (C=O) groups is 1. The van der Waals surface area contributed by atoms with Crippen LogP contribution < -0.4 is 0 Å². The van der Waals surface area contributed by atoms with E-state index in [1.807, 2.05) is 47.8 Å². The molecule has 132 valence electrons. The van der Waals surface area contributed by atoms with E-state index in [0.29, 0.717) is 32.6 Å². The van der Waals surface area contributed by atoms with Gasteiger partial charge in [0.2, 0.25) is 15.9 Å². The van der Waals surface area contributed by atoms with Crippen LogP contribution in [0.2, 0.25) is 0 Å². The van der Waals surface area contributed by atoms with Gasteiger partial charge in [0.05, 0.1) is 11.7 Å². The van der Waals surface area contributed by atoms with Crippen LogP contribution in [0.1, 0.15) is 10.4 Å². The molecule has 2 aliphatic rings. The van der Waals surface area contributed by atoms with Crippen molar-refractivity contribution in [3.8, 4) is 0 Å². The van der Waals surface area contributed by atoms with E-state index in [0.717, 1.165) is 10.4 Å². The molecule has 0 radical (unpaired) electrons. The number of hydrogen-bond acceptors (Lipinski definition) is 4. The number of hydrogen-bond donors (Lipinski definition) is 0. The number of amides is 1. The summed E-state index contributed by atoms with van der Waals surface area (Å²) in [7, 11) is -3.35. The highest BCUT2D eigenvalue weighted by molar-refractivity contribution is 7.90. The minimum absolute atomic E-state index is 0.0148. The topological polar surface area (TPSA) is 57.7 Å². The monoisotopic (exact) mass is 376 g/mol. The largest absolute Gasteiger partial charge is 0.341 e. The summed E-state index contributed by atoms with van der Waals surface area (Å²) in [6, 6.07) is 13.5. The highest BCUT2D eigenvalue weighted by Crippen LogP contribution is 2.35. The Labute approximate surface area is 151 Å². The maximum Gasteiger partial charge on any atom is 0.227 e. The Balaban J connectivity index is 1.43. The van der Waals surface area contributed by atoms with E-state index in [1.165, 1.54) is 0 Å². The summed E-state index contributed by atoms with van der Waals surface area (Å²) in [5.74, 6) is 0.0441. The molecule has 7 heteroatoms. The zero-order chi connectivity index (χ0) is 17.4. The maximum atomic E-state index is 12.9. The van der Waals surface area contributed by atoms with Crippen molar-refractivity contribution in [3.63, 3.8) is 0 Å². The average Bonchev–Trinajstić information content (AvgIpc) is 3.28. The van der Waals surface area contributed by atoms with Gasteiger partial charge in [-0.25, -0.2) is 8.42 Å². The summed E-state index contributed by atoms with van der Waals surface area (Å²) >= 11 is 1.56. The van der Waals surface area contributed by atoms with E-state index in [2.05, 4.69) is 0 Å². The van der Waals surface area contributed by atoms with Gasteiger partial charge in [0, 0.05) is 37.0 Å². The van der Waals surface area contributed by atoms with Gasteiger partial charge >= 0.3 is 0 Å². The number of carbonyl (C=O) groups excluding carboxylic acids is 1. The van der Waals surface area contributed by atoms with Crippen LogP contribution in [0.15, 0.2) is 47.8 Å². The minimum Gasteiger partial charge on any atom is -0.341 e. The van der Waals surface area contributed by atoms with Gasteiger partial charge in [0.1, 0.15) is 0 Å². The molecule has 0 aliphatic carbocycles. The standard InChI is InChI=1S/C18H20N2O3S2/c21-18(9-16-7-4-8-24-16)19-11-15-12-20(25(22,23)17(15)13-19)10-14-5-2-1-3-6-14/h1-8,15,17H,9-13H2/t15-,17-/m0/s1. The van der Waals surface area contributed by atoms with Crippen molar-refractivity contribution in [1.82, 2.24) is 9.21 Å². The molecule has 1 aromatic carbocycles. The molecule has 0 bridgehead atoms. The molecule has 2 atom stereocenters. The molecule has 4 rings (SSSR count). The third kappa shape index (κ3) is 3.23. The Morgan fingerprint density at radius 2 is 1.88 bits per heavy atom. The van der Waals surface area contributed by atoms with Crippen LogP contribution in [0.3, 0.4) is 0 Å². The first-order valence-corrected chi connectivity index (χ1v) is 10.8. The minimum atomic E-state index is -3.35. The summed E-state index contributed by atoms with van der Waals surface area (Å²) < 4.78 is 27.3. The Bertz CT molecular complexity index is 850. The Kier molecular flexibility index (Phi) is 4.39. The highest BCUT2D eigenvalue weighted by Gasteiger charge is 2.51. The van der Waals surface area contributed by atoms with Crippen LogP contribution >= 0.6 is 11.3 Å². The van der Waals surface area contributed by atoms with Gasteiger partial charge in [-0.3, -0.25) is 4.79 Å². The molecule has 1 amide bonds. The van der Waals surface area contributed by atoms with Crippen molar-refractivity contribution in [2.75, 3.05) is 19.6 Å². The highest BCUT2D eigenvalue weighted by atomic mass is 32.2. The summed E-state index contributed by atoms with van der Waals surface area (Å²) in [5.41, 5.74) is 0.997. The van der Waals surface area contributed by atoms with Crippen LogP contribution in [0.5, 0.6) is 0 Å². The molecule has 0 saturated carbocycles. The molecule has 25 heavy (non-hydrogen) atoms. The lowest BCUT2D eigenvalue weighted by Crippen LogP contribution is -2.37. The Morgan fingerprint density at radius 1 is 1.08 bits per heavy atom. The molecule has 3 heterocycles. The van der Waals surface area contributed by atoms with Crippen molar-refractivity contribution in [1.29, 1.82) is 0 Å². The zero-order valence-corrected chi connectivity index (χ0v) is 15.4. The van der Waals surface area contributed by atoms with Gasteiger partial charge < -0.3 is 4.90 Å². The van der Waals surface area contributed by atoms with Gasteiger partial charge in [0.15, 0.2) is 0 Å². The fourth-order valence-corrected chi connectivity index (χ4v) is 6.56. The van der Waals surface area contributed by atoms with Crippen LogP contribution in [0.25, 0.3) is 0 Å². The van der Waals surface area contributed by atoms with Gasteiger partial charge in [-0.15, -0.1) is 11.3 Å². The van der Waals surface area contributed by atoms with Crippen molar-refractivity contribution in [3.05, 3.63) is 58.3 Å². The van der Waals surface area contributed by atoms with Crippen molar-refractivity contribution < 1.29 is 13.2 Å². The number of fused-ring (bicyclic) bond motifs is 1. The maximum absolute atomic E-state index is 12.9. The molecule has 0 unspecified atom stereocenters. The number of sulfonamides is 1. The second-order valence-electron chi connectivity index (χ2n) is 6.68. The van der Waals surface area contributed by atoms with Gasteiger partial charge in [-0.05, 0) is 17.0 Å². The summed E-state index contributed by atoms with van der Waals surface area (Å²) in [6.07, 6.45) is 0.366. The number of benzene rings is 1. The Hall–Kier alpha value is -1.70. The molecule has 2 aromatic rings. The molecule has 2 saturated heterocycles. The average molecular weight is 377 g/mol. The third-order valence-corrected chi connectivity index (χ3v) is 8.20. The number of thiophene rings is 1. The van der Waals surface area contributed by atoms with Crippen LogP contribution in [-0.2, 0) is 27.8 Å². The molecule has 1 aromatic heterocycles. The van der Waals surface area contributed by atoms with E-state index in [9.17, 15) is 13.2 Å². The number of nitrogens with zero attached hydrogens (tertiary/aromatic N) is 2. The van der Waals surface area contributed by atoms with Gasteiger partial charge in [-0.2, -0.15) is 4.31 Å². The van der Waals surface area contributed by atoms with Crippen molar-refractivity contribution in [2.24, 2.45) is 5.92 Å². The molecular weight excluding hydrogens is 356 g/mol. The van der Waals surface area contributed by atoms with Crippen LogP contribution in [0, 0.1) is 5.92 Å². The first-order valence-electron chi connectivity index (χ1n) is 8.37. The van der Waals surface area contributed by atoms with Gasteiger partial charge in [-0.1, -0.05) is 36.4 Å². The number of rotatable bonds is 4. The van der Waals surface area contributed by atoms with Crippen LogP contribution in [0.4, 0.5) is 0 Å². The predicted octanol–water partition coefficient (Wildman–Crippen LogP) is 1.96. The second-order valence-corrected chi connectivity index (χ2v) is 9.86. The number of likely N-dealkylation sites (tertiary alicyclic amines) is 1. The predicted molar refractivity (Wildman–Crippen MR) is 97.7 cm³/mol. The van der Waals surface area contributed by atoms with E-state index in [4.69, 9.17) is 0 Å². The quantitative estimate of drug-likeness (QED) is 0.820. The lowest BCUT2D eigenvalue weighted by molar-refractivity contribution is -0.129. The van der Waals surface area contributed by atoms with Crippen molar-refractivity contribution >= 4 is 27.3 Å². The molecule has 2 aliphatic heterocycles. The molecule has 0 spiro atoms. The zero-order valence-electron chi connectivity index (χ0n) is 13.7. The molecule has 2 fully saturated rings. The first kappa shape index (κ1) is 16.8. The van der Waals surface area contributed by atoms with Gasteiger partial charge in [0.25, 0.3) is 0 Å². The molecule has 0 N–H and O–H groups in total. The lowest BCUT2D eigenvalue weighted by atomic mass is 10.1. The third-order valence-electron chi connectivity index (χ3n) is 5.02. The fraction of sp³-hybridized carbons (Fsp3) is 0.389. The first-order chi connectivity index (χ1) is 12.0. The lowest BCUT2D eigenvalue weighted by Gasteiger charge is -2.21. The van der Waals surface area contributed by atoms with E-state index < -0.39 is 15.3 Å².